The highest BCUT2D eigenvalue weighted by Crippen LogP contribution is 2.26. The summed E-state index contributed by atoms with van der Waals surface area (Å²) in [4.78, 5) is 3.96. The van der Waals surface area contributed by atoms with Crippen LogP contribution in [0.2, 0.25) is 0 Å². The third-order valence-electron chi connectivity index (χ3n) is 3.12. The number of benzene rings is 1. The topological polar surface area (TPSA) is 34.2 Å². The predicted octanol–water partition coefficient (Wildman–Crippen LogP) is 4.03. The van der Waals surface area contributed by atoms with Gasteiger partial charge >= 0.3 is 0 Å². The van der Waals surface area contributed by atoms with Gasteiger partial charge in [0.2, 0.25) is 0 Å². The summed E-state index contributed by atoms with van der Waals surface area (Å²) in [5, 5.41) is 3.28. The minimum absolute atomic E-state index is 0.0161. The van der Waals surface area contributed by atoms with Crippen molar-refractivity contribution in [1.29, 1.82) is 0 Å². The van der Waals surface area contributed by atoms with Gasteiger partial charge in [-0.3, -0.25) is 0 Å². The number of rotatable bonds is 5. The Labute approximate surface area is 125 Å². The Morgan fingerprint density at radius 2 is 2.00 bits per heavy atom. The van der Waals surface area contributed by atoms with Gasteiger partial charge in [-0.1, -0.05) is 15.9 Å². The predicted molar refractivity (Wildman–Crippen MR) is 78.3 cm³/mol. The first-order valence-corrected chi connectivity index (χ1v) is 7.32. The maximum Gasteiger partial charge on any atom is 0.256 e. The van der Waals surface area contributed by atoms with Crippen molar-refractivity contribution in [3.63, 3.8) is 0 Å². The van der Waals surface area contributed by atoms with Gasteiger partial charge in [-0.05, 0) is 43.2 Å². The average molecular weight is 337 g/mol. The van der Waals surface area contributed by atoms with E-state index >= 15 is 0 Å². The van der Waals surface area contributed by atoms with Gasteiger partial charge in [0.05, 0.1) is 0 Å². The quantitative estimate of drug-likeness (QED) is 0.895. The van der Waals surface area contributed by atoms with Gasteiger partial charge in [0.15, 0.2) is 5.82 Å². The molecule has 3 nitrogen and oxygen atoms in total. The minimum atomic E-state index is -0.399. The summed E-state index contributed by atoms with van der Waals surface area (Å²) in [5.74, 6) is 0.179. The van der Waals surface area contributed by atoms with Crippen LogP contribution in [0.1, 0.15) is 18.4 Å². The lowest BCUT2D eigenvalue weighted by Crippen LogP contribution is -2.16. The second-order valence-electron chi connectivity index (χ2n) is 4.80. The van der Waals surface area contributed by atoms with Crippen molar-refractivity contribution in [3.05, 3.63) is 52.4 Å². The lowest BCUT2D eigenvalue weighted by atomic mass is 10.2. The number of hydrogen-bond acceptors (Lipinski definition) is 3. The van der Waals surface area contributed by atoms with Crippen LogP contribution in [0.3, 0.4) is 0 Å². The van der Waals surface area contributed by atoms with Crippen molar-refractivity contribution in [1.82, 2.24) is 10.3 Å². The average Bonchev–Trinajstić information content (AvgIpc) is 3.26. The van der Waals surface area contributed by atoms with E-state index < -0.39 is 5.82 Å². The molecule has 0 atom stereocenters. The Hall–Kier alpha value is -1.46. The molecule has 5 heteroatoms. The molecule has 1 aliphatic carbocycles. The molecule has 1 fully saturated rings. The summed E-state index contributed by atoms with van der Waals surface area (Å²) >= 11 is 3.34. The number of halogens is 2. The molecule has 0 saturated heterocycles. The van der Waals surface area contributed by atoms with Crippen molar-refractivity contribution in [2.45, 2.75) is 25.4 Å². The highest BCUT2D eigenvalue weighted by molar-refractivity contribution is 9.10. The summed E-state index contributed by atoms with van der Waals surface area (Å²) in [7, 11) is 0. The summed E-state index contributed by atoms with van der Waals surface area (Å²) in [6.07, 6.45) is 3.92. The number of hydrogen-bond donors (Lipinski definition) is 1. The Morgan fingerprint density at radius 3 is 2.70 bits per heavy atom. The Kier molecular flexibility index (Phi) is 3.98. The minimum Gasteiger partial charge on any atom is -0.436 e. The van der Waals surface area contributed by atoms with Gasteiger partial charge in [0, 0.05) is 28.8 Å². The molecular formula is C15H14BrFN2O. The van der Waals surface area contributed by atoms with E-state index in [0.717, 1.165) is 4.47 Å². The van der Waals surface area contributed by atoms with E-state index in [-0.39, 0.29) is 5.88 Å². The molecule has 0 bridgehead atoms. The van der Waals surface area contributed by atoms with Crippen molar-refractivity contribution in [3.8, 4) is 11.6 Å². The van der Waals surface area contributed by atoms with Crippen molar-refractivity contribution in [2.75, 3.05) is 0 Å². The fraction of sp³-hybridized carbons (Fsp3) is 0.267. The van der Waals surface area contributed by atoms with Crippen LogP contribution in [0.25, 0.3) is 0 Å². The largest absolute Gasteiger partial charge is 0.436 e. The van der Waals surface area contributed by atoms with Gasteiger partial charge in [-0.25, -0.2) is 9.37 Å². The van der Waals surface area contributed by atoms with Gasteiger partial charge in [-0.2, -0.15) is 0 Å². The molecule has 1 aromatic carbocycles. The maximum atomic E-state index is 14.3. The van der Waals surface area contributed by atoms with Gasteiger partial charge in [0.1, 0.15) is 5.75 Å². The third-order valence-corrected chi connectivity index (χ3v) is 3.65. The smallest absolute Gasteiger partial charge is 0.256 e. The summed E-state index contributed by atoms with van der Waals surface area (Å²) in [6, 6.07) is 9.43. The van der Waals surface area contributed by atoms with E-state index in [1.165, 1.54) is 12.8 Å². The zero-order valence-corrected chi connectivity index (χ0v) is 12.4. The zero-order valence-electron chi connectivity index (χ0n) is 10.8. The van der Waals surface area contributed by atoms with Crippen LogP contribution >= 0.6 is 15.9 Å². The van der Waals surface area contributed by atoms with E-state index in [4.69, 9.17) is 4.74 Å². The molecule has 0 radical (unpaired) electrons. The van der Waals surface area contributed by atoms with Gasteiger partial charge in [-0.15, -0.1) is 0 Å². The first-order chi connectivity index (χ1) is 9.72. The molecule has 104 valence electrons. The summed E-state index contributed by atoms with van der Waals surface area (Å²) < 4.78 is 20.7. The molecule has 1 aromatic heterocycles. The molecule has 1 aliphatic rings. The van der Waals surface area contributed by atoms with Crippen LogP contribution in [-0.2, 0) is 6.54 Å². The first kappa shape index (κ1) is 13.5. The normalized spacial score (nSPS) is 14.3. The fourth-order valence-electron chi connectivity index (χ4n) is 1.83. The molecule has 1 saturated carbocycles. The SMILES string of the molecule is Fc1c(CNC2CC2)ccnc1Oc1ccc(Br)cc1. The van der Waals surface area contributed by atoms with Crippen LogP contribution in [0.15, 0.2) is 41.0 Å². The van der Waals surface area contributed by atoms with E-state index in [2.05, 4.69) is 26.2 Å². The summed E-state index contributed by atoms with van der Waals surface area (Å²) in [6.45, 7) is 0.510. The molecule has 2 aromatic rings. The lowest BCUT2D eigenvalue weighted by Gasteiger charge is -2.09. The van der Waals surface area contributed by atoms with Gasteiger partial charge < -0.3 is 10.1 Å². The van der Waals surface area contributed by atoms with Crippen LogP contribution in [0.5, 0.6) is 11.6 Å². The molecule has 0 spiro atoms. The Balaban J connectivity index is 1.74. The second kappa shape index (κ2) is 5.89. The molecule has 1 N–H and O–H groups in total. The van der Waals surface area contributed by atoms with Crippen LogP contribution < -0.4 is 10.1 Å². The van der Waals surface area contributed by atoms with Crippen LogP contribution in [-0.4, -0.2) is 11.0 Å². The Bertz CT molecular complexity index is 599. The van der Waals surface area contributed by atoms with Gasteiger partial charge in [0.25, 0.3) is 5.88 Å². The molecule has 0 amide bonds. The molecule has 0 aliphatic heterocycles. The zero-order chi connectivity index (χ0) is 13.9. The highest BCUT2D eigenvalue weighted by Gasteiger charge is 2.21. The fourth-order valence-corrected chi connectivity index (χ4v) is 2.09. The van der Waals surface area contributed by atoms with E-state index in [1.54, 1.807) is 24.4 Å². The molecule has 0 unspecified atom stereocenters. The molecule has 20 heavy (non-hydrogen) atoms. The first-order valence-electron chi connectivity index (χ1n) is 6.52. The third kappa shape index (κ3) is 3.35. The van der Waals surface area contributed by atoms with Crippen molar-refractivity contribution < 1.29 is 9.13 Å². The maximum absolute atomic E-state index is 14.3. The monoisotopic (exact) mass is 336 g/mol. The van der Waals surface area contributed by atoms with E-state index in [9.17, 15) is 4.39 Å². The number of pyridine rings is 1. The molecular weight excluding hydrogens is 323 g/mol. The highest BCUT2D eigenvalue weighted by atomic mass is 79.9. The van der Waals surface area contributed by atoms with Crippen LogP contribution in [0, 0.1) is 5.82 Å². The second-order valence-corrected chi connectivity index (χ2v) is 5.72. The van der Waals surface area contributed by atoms with Crippen LogP contribution in [0.4, 0.5) is 4.39 Å². The molecule has 1 heterocycles. The van der Waals surface area contributed by atoms with E-state index in [0.29, 0.717) is 23.9 Å². The van der Waals surface area contributed by atoms with Crippen molar-refractivity contribution >= 4 is 15.9 Å². The number of nitrogens with zero attached hydrogens (tertiary/aromatic N) is 1. The van der Waals surface area contributed by atoms with Crippen molar-refractivity contribution in [2.24, 2.45) is 0 Å². The van der Waals surface area contributed by atoms with E-state index in [1.807, 2.05) is 12.1 Å². The lowest BCUT2D eigenvalue weighted by molar-refractivity contribution is 0.417. The number of nitrogens with one attached hydrogen (secondary N) is 1. The number of ether oxygens (including phenoxy) is 1. The summed E-state index contributed by atoms with van der Waals surface area (Å²) in [5.41, 5.74) is 0.582. The standard InChI is InChI=1S/C15H14BrFN2O/c16-11-1-5-13(6-2-11)20-15-14(17)10(7-8-18-15)9-19-12-3-4-12/h1-2,5-8,12,19H,3-4,9H2. The number of aromatic nitrogens is 1. The molecule has 3 rings (SSSR count). The Morgan fingerprint density at radius 1 is 1.25 bits per heavy atom.